The van der Waals surface area contributed by atoms with E-state index in [0.29, 0.717) is 136 Å². The van der Waals surface area contributed by atoms with Crippen molar-refractivity contribution in [2.75, 3.05) is 70.3 Å². The average molecular weight is 1180 g/mol. The van der Waals surface area contributed by atoms with Gasteiger partial charge in [-0.2, -0.15) is 0 Å². The molecule has 462 valence electrons. The van der Waals surface area contributed by atoms with Crippen LogP contribution in [0, 0.1) is 19.7 Å². The molecule has 2 aromatic carbocycles. The number of carboxylic acids is 1. The van der Waals surface area contributed by atoms with Crippen molar-refractivity contribution < 1.29 is 73.0 Å². The summed E-state index contributed by atoms with van der Waals surface area (Å²) >= 11 is 0. The maximum Gasteiger partial charge on any atom is 0.341 e. The first-order valence-corrected chi connectivity index (χ1v) is 29.1. The third kappa shape index (κ3) is 21.0. The summed E-state index contributed by atoms with van der Waals surface area (Å²) in [4.78, 5) is 128. The summed E-state index contributed by atoms with van der Waals surface area (Å²) in [5.74, 6) is -5.21. The molecular formula is C59H84FN9O15. The number of aromatic nitrogens is 1. The Bertz CT molecular complexity index is 2900. The van der Waals surface area contributed by atoms with Crippen molar-refractivity contribution >= 4 is 69.9 Å². The topological polar surface area (TPSA) is 318 Å². The molecule has 3 aromatic rings. The van der Waals surface area contributed by atoms with Gasteiger partial charge in [-0.1, -0.05) is 19.9 Å². The Balaban J connectivity index is 0.913. The van der Waals surface area contributed by atoms with Gasteiger partial charge in [0.15, 0.2) is 0 Å². The fraction of sp³-hybridized carbons (Fsp3) is 0.593. The number of benzene rings is 2. The molecule has 84 heavy (non-hydrogen) atoms. The molecule has 7 N–H and O–H groups in total. The summed E-state index contributed by atoms with van der Waals surface area (Å²) in [6, 6.07) is 6.41. The number of hydroxylamine groups is 6. The number of hydrogen-bond acceptors (Lipinski definition) is 15. The van der Waals surface area contributed by atoms with E-state index in [2.05, 4.69) is 16.0 Å². The fourth-order valence-electron chi connectivity index (χ4n) is 10.2. The number of carboxylic acid groups (broad SMARTS) is 1. The Morgan fingerprint density at radius 1 is 0.667 bits per heavy atom. The minimum atomic E-state index is -1.37. The van der Waals surface area contributed by atoms with Crippen LogP contribution in [-0.4, -0.2) is 164 Å². The van der Waals surface area contributed by atoms with Gasteiger partial charge in [0, 0.05) is 139 Å². The number of unbranched alkanes of at least 4 members (excludes halogenated alkanes) is 6. The van der Waals surface area contributed by atoms with Crippen molar-refractivity contribution in [3.63, 3.8) is 0 Å². The lowest BCUT2D eigenvalue weighted by molar-refractivity contribution is -0.166. The van der Waals surface area contributed by atoms with Crippen LogP contribution >= 0.6 is 0 Å². The molecule has 1 aliphatic carbocycles. The minimum absolute atomic E-state index is 0.00705. The summed E-state index contributed by atoms with van der Waals surface area (Å²) in [7, 11) is 0. The van der Waals surface area contributed by atoms with Gasteiger partial charge in [-0.25, -0.2) is 24.4 Å². The number of nitrogens with one attached hydrogen (secondary N) is 3. The first-order valence-electron chi connectivity index (χ1n) is 29.1. The van der Waals surface area contributed by atoms with E-state index in [0.717, 1.165) is 30.0 Å². The number of fused-ring (bicyclic) bond motifs is 1. The number of rotatable bonds is 34. The zero-order valence-corrected chi connectivity index (χ0v) is 49.1. The lowest BCUT2D eigenvalue weighted by atomic mass is 9.77. The van der Waals surface area contributed by atoms with Crippen molar-refractivity contribution in [3.05, 3.63) is 68.8 Å². The van der Waals surface area contributed by atoms with Gasteiger partial charge in [-0.15, -0.1) is 0 Å². The highest BCUT2D eigenvalue weighted by Crippen LogP contribution is 2.40. The molecule has 0 unspecified atom stereocenters. The molecule has 24 nitrogen and oxygen atoms in total. The monoisotopic (exact) mass is 1180 g/mol. The molecule has 2 heterocycles. The number of esters is 1. The van der Waals surface area contributed by atoms with Crippen molar-refractivity contribution in [2.24, 2.45) is 0 Å². The minimum Gasteiger partial charge on any atom is -0.477 e. The Labute approximate surface area is 488 Å². The van der Waals surface area contributed by atoms with Crippen LogP contribution in [0.5, 0.6) is 5.75 Å². The van der Waals surface area contributed by atoms with Gasteiger partial charge in [0.25, 0.3) is 0 Å². The van der Waals surface area contributed by atoms with Crippen LogP contribution in [0.1, 0.15) is 169 Å². The van der Waals surface area contributed by atoms with E-state index in [1.165, 1.54) is 13.1 Å². The third-order valence-electron chi connectivity index (χ3n) is 14.9. The molecule has 0 bridgehead atoms. The van der Waals surface area contributed by atoms with Crippen LogP contribution in [0.2, 0.25) is 0 Å². The van der Waals surface area contributed by atoms with Crippen molar-refractivity contribution in [1.82, 2.24) is 40.6 Å². The van der Waals surface area contributed by atoms with E-state index >= 15 is 4.39 Å². The molecule has 25 heteroatoms. The summed E-state index contributed by atoms with van der Waals surface area (Å²) in [5, 5.41) is 49.2. The van der Waals surface area contributed by atoms with Gasteiger partial charge < -0.3 is 40.2 Å². The molecule has 0 atom stereocenters. The Kier molecular flexibility index (Phi) is 26.0. The summed E-state index contributed by atoms with van der Waals surface area (Å²) < 4.78 is 23.3. The Morgan fingerprint density at radius 2 is 1.17 bits per heavy atom. The molecule has 5 rings (SSSR count). The molecular weight excluding hydrogens is 1090 g/mol. The molecule has 2 aliphatic rings. The first-order chi connectivity index (χ1) is 39.9. The predicted octanol–water partition coefficient (Wildman–Crippen LogP) is 5.59. The number of piperazine rings is 1. The largest absolute Gasteiger partial charge is 0.477 e. The van der Waals surface area contributed by atoms with Crippen LogP contribution < -0.4 is 31.0 Å². The molecule has 7 amide bonds. The highest BCUT2D eigenvalue weighted by molar-refractivity contribution is 5.94. The summed E-state index contributed by atoms with van der Waals surface area (Å²) in [6.45, 7) is 11.3. The number of anilines is 1. The van der Waals surface area contributed by atoms with Crippen molar-refractivity contribution in [3.8, 4) is 5.75 Å². The van der Waals surface area contributed by atoms with Crippen LogP contribution in [0.15, 0.2) is 35.3 Å². The van der Waals surface area contributed by atoms with E-state index in [4.69, 9.17) is 4.74 Å². The van der Waals surface area contributed by atoms with Gasteiger partial charge in [0.05, 0.1) is 17.6 Å². The standard InChI is InChI=1S/C59H84FN9O15/c1-39-33-40(2)56(59(4,5)37-54(76)65-31-29-64(30-32-65)47-36-46-43(35-45(47)60)57(78)44(58(79)80)38-66(46)42-15-16-42)48(34-39)84-55(77)22-19-51(73)63-25-11-8-14-28-69(83)53(75)21-18-50(72)62-24-10-7-13-27-68(82)52(74)20-17-49(71)61-23-9-6-12-26-67(81)41(3)70/h33-36,38,42,81-83H,6-32,37H2,1-5H3,(H,61,71)(H,62,72)(H,63,73)(H,79,80). The van der Waals surface area contributed by atoms with Crippen molar-refractivity contribution in [2.45, 2.75) is 162 Å². The van der Waals surface area contributed by atoms with Gasteiger partial charge >= 0.3 is 11.9 Å². The quantitative estimate of drug-likeness (QED) is 0.0126. The van der Waals surface area contributed by atoms with Gasteiger partial charge in [-0.3, -0.25) is 58.8 Å². The van der Waals surface area contributed by atoms with Crippen LogP contribution in [0.3, 0.4) is 0 Å². The number of pyridine rings is 1. The second-order valence-corrected chi connectivity index (χ2v) is 22.4. The number of aryl methyl sites for hydroxylation is 2. The fourth-order valence-corrected chi connectivity index (χ4v) is 10.2. The maximum atomic E-state index is 15.7. The zero-order valence-electron chi connectivity index (χ0n) is 49.1. The number of halogens is 1. The normalized spacial score (nSPS) is 13.3. The van der Waals surface area contributed by atoms with Gasteiger partial charge in [-0.05, 0) is 114 Å². The lowest BCUT2D eigenvalue weighted by Gasteiger charge is -2.38. The number of nitrogens with zero attached hydrogens (tertiary/aromatic N) is 6. The third-order valence-corrected chi connectivity index (χ3v) is 14.9. The molecule has 2 fully saturated rings. The van der Waals surface area contributed by atoms with E-state index in [1.807, 2.05) is 38.7 Å². The predicted molar refractivity (Wildman–Crippen MR) is 306 cm³/mol. The van der Waals surface area contributed by atoms with Crippen LogP contribution in [0.25, 0.3) is 10.9 Å². The second kappa shape index (κ2) is 32.5. The van der Waals surface area contributed by atoms with Gasteiger partial charge in [0.2, 0.25) is 46.8 Å². The van der Waals surface area contributed by atoms with Crippen molar-refractivity contribution in [1.29, 1.82) is 0 Å². The van der Waals surface area contributed by atoms with Crippen LogP contribution in [-0.2, 0) is 43.8 Å². The van der Waals surface area contributed by atoms with Crippen LogP contribution in [0.4, 0.5) is 10.1 Å². The number of carbonyl (C=O) groups excluding carboxylic acids is 8. The second-order valence-electron chi connectivity index (χ2n) is 22.4. The molecule has 0 spiro atoms. The highest BCUT2D eigenvalue weighted by atomic mass is 19.1. The zero-order chi connectivity index (χ0) is 61.7. The number of amides is 7. The molecule has 1 saturated carbocycles. The molecule has 1 saturated heterocycles. The molecule has 1 aliphatic heterocycles. The highest BCUT2D eigenvalue weighted by Gasteiger charge is 2.34. The summed E-state index contributed by atoms with van der Waals surface area (Å²) in [6.07, 6.45) is 7.13. The smallest absolute Gasteiger partial charge is 0.341 e. The maximum absolute atomic E-state index is 15.7. The molecule has 1 aromatic heterocycles. The van der Waals surface area contributed by atoms with E-state index in [-0.39, 0.29) is 105 Å². The number of ether oxygens (including phenoxy) is 1. The Morgan fingerprint density at radius 3 is 1.65 bits per heavy atom. The Hall–Kier alpha value is -7.51. The number of hydrogen-bond donors (Lipinski definition) is 7. The SMILES string of the molecule is CC(=O)N(O)CCCCCNC(=O)CCC(=O)N(O)CCCCCNC(=O)CCC(=O)N(O)CCCCCNC(=O)CCC(=O)Oc1cc(C)cc(C)c1C(C)(C)CC(=O)N1CCN(c2cc3c(cc2F)c(=O)c(C(=O)O)cn3C2CC2)CC1. The number of carbonyl (C=O) groups is 9. The number of aromatic carboxylic acids is 1. The summed E-state index contributed by atoms with van der Waals surface area (Å²) in [5.41, 5.74) is 1.11. The lowest BCUT2D eigenvalue weighted by Crippen LogP contribution is -2.50. The van der Waals surface area contributed by atoms with E-state index < -0.39 is 51.9 Å². The first kappa shape index (κ1) is 67.3. The average Bonchev–Trinajstić information content (AvgIpc) is 2.48. The van der Waals surface area contributed by atoms with E-state index in [9.17, 15) is 68.7 Å². The van der Waals surface area contributed by atoms with E-state index in [1.54, 1.807) is 21.6 Å². The molecule has 0 radical (unpaired) electrons. The van der Waals surface area contributed by atoms with Gasteiger partial charge in [0.1, 0.15) is 17.1 Å².